The Morgan fingerprint density at radius 3 is 2.39 bits per heavy atom. The number of amides is 2. The van der Waals surface area contributed by atoms with Crippen molar-refractivity contribution in [3.05, 3.63) is 83.4 Å². The van der Waals surface area contributed by atoms with Gasteiger partial charge in [0, 0.05) is 37.8 Å². The fourth-order valence-electron chi connectivity index (χ4n) is 4.92. The molecule has 1 unspecified atom stereocenters. The van der Waals surface area contributed by atoms with E-state index in [0.29, 0.717) is 36.0 Å². The first-order valence-electron chi connectivity index (χ1n) is 13.3. The van der Waals surface area contributed by atoms with Crippen molar-refractivity contribution < 1.29 is 38.1 Å². The average molecular weight is 561 g/mol. The van der Waals surface area contributed by atoms with E-state index in [4.69, 9.17) is 23.7 Å². The second-order valence-corrected chi connectivity index (χ2v) is 9.84. The van der Waals surface area contributed by atoms with E-state index in [1.165, 1.54) is 9.80 Å². The Hall–Kier alpha value is -4.73. The molecule has 2 heterocycles. The van der Waals surface area contributed by atoms with Crippen molar-refractivity contribution in [2.24, 2.45) is 5.92 Å². The van der Waals surface area contributed by atoms with E-state index in [9.17, 15) is 14.4 Å². The van der Waals surface area contributed by atoms with Crippen LogP contribution in [0.5, 0.6) is 23.0 Å². The molecule has 0 aromatic heterocycles. The molecule has 214 valence electrons. The van der Waals surface area contributed by atoms with Crippen LogP contribution >= 0.6 is 0 Å². The summed E-state index contributed by atoms with van der Waals surface area (Å²) in [7, 11) is 3.10. The molecule has 3 aromatic rings. The number of hydrogen-bond acceptors (Lipinski definition) is 8. The van der Waals surface area contributed by atoms with Crippen LogP contribution in [0.3, 0.4) is 0 Å². The van der Waals surface area contributed by atoms with E-state index >= 15 is 0 Å². The standard InChI is InChI=1S/C31H32N2O8/c1-37-25-10-9-23(27(16-25)38-2)17-32-12-13-33(30(35)29(32)34)18-24(31(36)39-19-21-6-4-3-5-7-21)14-22-8-11-26-28(15-22)41-20-40-26/h3-11,15-16,24H,12-14,17-20H2,1-2H3. The van der Waals surface area contributed by atoms with Crippen LogP contribution in [0.15, 0.2) is 66.7 Å². The van der Waals surface area contributed by atoms with E-state index in [-0.39, 0.29) is 33.0 Å². The van der Waals surface area contributed by atoms with Gasteiger partial charge < -0.3 is 33.5 Å². The Morgan fingerprint density at radius 2 is 1.61 bits per heavy atom. The number of ether oxygens (including phenoxy) is 5. The van der Waals surface area contributed by atoms with Gasteiger partial charge in [0.2, 0.25) is 6.79 Å². The minimum absolute atomic E-state index is 0.0480. The van der Waals surface area contributed by atoms with Crippen LogP contribution in [0.2, 0.25) is 0 Å². The van der Waals surface area contributed by atoms with E-state index in [1.54, 1.807) is 32.4 Å². The lowest BCUT2D eigenvalue weighted by molar-refractivity contribution is -0.159. The zero-order valence-corrected chi connectivity index (χ0v) is 23.0. The highest BCUT2D eigenvalue weighted by Crippen LogP contribution is 2.33. The van der Waals surface area contributed by atoms with Crippen LogP contribution in [0, 0.1) is 5.92 Å². The molecule has 3 aromatic carbocycles. The van der Waals surface area contributed by atoms with Crippen LogP contribution in [0.25, 0.3) is 0 Å². The number of carbonyl (C=O) groups is 3. The zero-order chi connectivity index (χ0) is 28.8. The van der Waals surface area contributed by atoms with Gasteiger partial charge in [-0.15, -0.1) is 0 Å². The molecule has 1 fully saturated rings. The number of methoxy groups -OCH3 is 2. The quantitative estimate of drug-likeness (QED) is 0.260. The number of esters is 1. The fraction of sp³-hybridized carbons (Fsp3) is 0.323. The largest absolute Gasteiger partial charge is 0.497 e. The summed E-state index contributed by atoms with van der Waals surface area (Å²) in [4.78, 5) is 42.6. The minimum Gasteiger partial charge on any atom is -0.497 e. The Balaban J connectivity index is 1.28. The summed E-state index contributed by atoms with van der Waals surface area (Å²) in [5, 5.41) is 0. The second kappa shape index (κ2) is 12.6. The number of fused-ring (bicyclic) bond motifs is 1. The van der Waals surface area contributed by atoms with Gasteiger partial charge in [-0.05, 0) is 41.8 Å². The molecule has 2 amide bonds. The lowest BCUT2D eigenvalue weighted by atomic mass is 9.97. The molecule has 1 saturated heterocycles. The van der Waals surface area contributed by atoms with Crippen LogP contribution in [-0.2, 0) is 38.7 Å². The number of hydrogen-bond donors (Lipinski definition) is 0. The van der Waals surface area contributed by atoms with Gasteiger partial charge in [-0.3, -0.25) is 14.4 Å². The number of nitrogens with zero attached hydrogens (tertiary/aromatic N) is 2. The molecule has 10 heteroatoms. The van der Waals surface area contributed by atoms with E-state index in [0.717, 1.165) is 16.7 Å². The highest BCUT2D eigenvalue weighted by atomic mass is 16.7. The van der Waals surface area contributed by atoms with Crippen molar-refractivity contribution in [1.82, 2.24) is 9.80 Å². The average Bonchev–Trinajstić information content (AvgIpc) is 3.48. The molecule has 0 bridgehead atoms. The highest BCUT2D eigenvalue weighted by Gasteiger charge is 2.36. The maximum atomic E-state index is 13.3. The fourth-order valence-corrected chi connectivity index (χ4v) is 4.92. The summed E-state index contributed by atoms with van der Waals surface area (Å²) >= 11 is 0. The molecule has 2 aliphatic heterocycles. The molecule has 2 aliphatic rings. The van der Waals surface area contributed by atoms with Crippen LogP contribution in [0.1, 0.15) is 16.7 Å². The first-order chi connectivity index (χ1) is 19.9. The molecule has 0 radical (unpaired) electrons. The Bertz CT molecular complexity index is 1410. The molecule has 0 N–H and O–H groups in total. The molecular formula is C31H32N2O8. The molecule has 1 atom stereocenters. The molecule has 0 saturated carbocycles. The third kappa shape index (κ3) is 6.54. The smallest absolute Gasteiger partial charge is 0.312 e. The summed E-state index contributed by atoms with van der Waals surface area (Å²) in [6.07, 6.45) is 0.301. The first kappa shape index (κ1) is 27.8. The molecular weight excluding hydrogens is 528 g/mol. The van der Waals surface area contributed by atoms with Crippen LogP contribution in [0.4, 0.5) is 0 Å². The van der Waals surface area contributed by atoms with Crippen molar-refractivity contribution in [3.63, 3.8) is 0 Å². The van der Waals surface area contributed by atoms with Crippen LogP contribution in [-0.4, -0.2) is 68.2 Å². The summed E-state index contributed by atoms with van der Waals surface area (Å²) in [6.45, 7) is 1.12. The summed E-state index contributed by atoms with van der Waals surface area (Å²) in [5.41, 5.74) is 2.45. The molecule has 5 rings (SSSR count). The zero-order valence-electron chi connectivity index (χ0n) is 23.0. The third-order valence-corrected chi connectivity index (χ3v) is 7.17. The highest BCUT2D eigenvalue weighted by molar-refractivity contribution is 6.35. The Kier molecular flexibility index (Phi) is 8.57. The van der Waals surface area contributed by atoms with Crippen molar-refractivity contribution in [3.8, 4) is 23.0 Å². The number of carbonyl (C=O) groups excluding carboxylic acids is 3. The van der Waals surface area contributed by atoms with Gasteiger partial charge in [0.1, 0.15) is 18.1 Å². The SMILES string of the molecule is COc1ccc(CN2CCN(CC(Cc3ccc4c(c3)OCO4)C(=O)OCc3ccccc3)C(=O)C2=O)c(OC)c1. The third-order valence-electron chi connectivity index (χ3n) is 7.17. The molecule has 0 aliphatic carbocycles. The van der Waals surface area contributed by atoms with E-state index < -0.39 is 23.7 Å². The predicted octanol–water partition coefficient (Wildman–Crippen LogP) is 3.21. The summed E-state index contributed by atoms with van der Waals surface area (Å²) < 4.78 is 27.2. The van der Waals surface area contributed by atoms with Gasteiger partial charge in [0.05, 0.1) is 20.1 Å². The predicted molar refractivity (Wildman–Crippen MR) is 148 cm³/mol. The van der Waals surface area contributed by atoms with Gasteiger partial charge >= 0.3 is 17.8 Å². The van der Waals surface area contributed by atoms with Gasteiger partial charge in [0.15, 0.2) is 11.5 Å². The maximum Gasteiger partial charge on any atom is 0.312 e. The lowest BCUT2D eigenvalue weighted by Crippen LogP contribution is -2.55. The van der Waals surface area contributed by atoms with Crippen molar-refractivity contribution in [1.29, 1.82) is 0 Å². The summed E-state index contributed by atoms with van der Waals surface area (Å²) in [5.74, 6) is 0.0163. The van der Waals surface area contributed by atoms with Crippen LogP contribution < -0.4 is 18.9 Å². The van der Waals surface area contributed by atoms with Gasteiger partial charge in [-0.1, -0.05) is 36.4 Å². The van der Waals surface area contributed by atoms with E-state index in [1.807, 2.05) is 48.5 Å². The van der Waals surface area contributed by atoms with Crippen molar-refractivity contribution >= 4 is 17.8 Å². The topological polar surface area (TPSA) is 104 Å². The number of piperazine rings is 1. The Morgan fingerprint density at radius 1 is 0.854 bits per heavy atom. The number of rotatable bonds is 11. The monoisotopic (exact) mass is 560 g/mol. The van der Waals surface area contributed by atoms with Crippen molar-refractivity contribution in [2.45, 2.75) is 19.6 Å². The Labute approximate surface area is 238 Å². The van der Waals surface area contributed by atoms with Crippen molar-refractivity contribution in [2.75, 3.05) is 40.6 Å². The first-order valence-corrected chi connectivity index (χ1v) is 13.3. The second-order valence-electron chi connectivity index (χ2n) is 9.84. The van der Waals surface area contributed by atoms with Gasteiger partial charge in [-0.2, -0.15) is 0 Å². The maximum absolute atomic E-state index is 13.3. The summed E-state index contributed by atoms with van der Waals surface area (Å²) in [6, 6.07) is 20.2. The molecule has 10 nitrogen and oxygen atoms in total. The normalized spacial score (nSPS) is 15.1. The molecule has 0 spiro atoms. The van der Waals surface area contributed by atoms with Gasteiger partial charge in [0.25, 0.3) is 0 Å². The number of benzene rings is 3. The lowest BCUT2D eigenvalue weighted by Gasteiger charge is -2.35. The van der Waals surface area contributed by atoms with Gasteiger partial charge in [-0.25, -0.2) is 0 Å². The minimum atomic E-state index is -0.691. The van der Waals surface area contributed by atoms with E-state index in [2.05, 4.69) is 0 Å². The molecule has 41 heavy (non-hydrogen) atoms.